The molecule has 4 heteroatoms. The van der Waals surface area contributed by atoms with Crippen molar-refractivity contribution in [2.45, 2.75) is 6.54 Å². The predicted molar refractivity (Wildman–Crippen MR) is 90.4 cm³/mol. The smallest absolute Gasteiger partial charge is 0.193 e. The first-order chi connectivity index (χ1) is 10.4. The highest BCUT2D eigenvalue weighted by Gasteiger charge is 2.38. The average molecular weight is 314 g/mol. The summed E-state index contributed by atoms with van der Waals surface area (Å²) in [4.78, 5) is 0. The largest absolute Gasteiger partial charge is 0.458 e. The Morgan fingerprint density at radius 2 is 1.73 bits per heavy atom. The normalized spacial score (nSPS) is 21.5. The van der Waals surface area contributed by atoms with Crippen molar-refractivity contribution < 1.29 is 9.33 Å². The maximum Gasteiger partial charge on any atom is 0.193 e. The molecular weight excluding hydrogens is 296 g/mol. The van der Waals surface area contributed by atoms with Crippen LogP contribution in [0.15, 0.2) is 78.7 Å². The minimum Gasteiger partial charge on any atom is -0.458 e. The van der Waals surface area contributed by atoms with Gasteiger partial charge in [-0.1, -0.05) is 30.3 Å². The van der Waals surface area contributed by atoms with Gasteiger partial charge >= 0.3 is 0 Å². The van der Waals surface area contributed by atoms with E-state index in [0.29, 0.717) is 4.59 Å². The van der Waals surface area contributed by atoms with E-state index in [4.69, 9.17) is 4.74 Å². The third kappa shape index (κ3) is 2.49. The van der Waals surface area contributed by atoms with E-state index in [-0.39, 0.29) is 12.4 Å². The number of halogens is 1. The molecule has 112 valence electrons. The highest BCUT2D eigenvalue weighted by atomic mass is 35.5. The van der Waals surface area contributed by atoms with Crippen LogP contribution in [-0.4, -0.2) is 11.1 Å². The number of nitrogens with zero attached hydrogens (tertiary/aromatic N) is 1. The summed E-state index contributed by atoms with van der Waals surface area (Å²) < 4.78 is 6.52. The molecule has 4 rings (SSSR count). The molecule has 0 radical (unpaired) electrons. The molecule has 3 nitrogen and oxygen atoms in total. The van der Waals surface area contributed by atoms with E-state index in [1.165, 1.54) is 5.56 Å². The van der Waals surface area contributed by atoms with Gasteiger partial charge in [0, 0.05) is 6.08 Å². The Kier molecular flexibility index (Phi) is 3.92. The molecule has 0 saturated carbocycles. The summed E-state index contributed by atoms with van der Waals surface area (Å²) in [6.45, 7) is 1.78. The Bertz CT molecular complexity index is 727. The lowest BCUT2D eigenvalue weighted by Crippen LogP contribution is -2.48. The number of quaternary nitrogens is 1. The molecule has 22 heavy (non-hydrogen) atoms. The van der Waals surface area contributed by atoms with E-state index in [2.05, 4.69) is 54.0 Å². The summed E-state index contributed by atoms with van der Waals surface area (Å²) in [6, 6.07) is 18.6. The van der Waals surface area contributed by atoms with Gasteiger partial charge in [0.2, 0.25) is 0 Å². The number of anilines is 1. The fourth-order valence-electron chi connectivity index (χ4n) is 2.97. The summed E-state index contributed by atoms with van der Waals surface area (Å²) in [6.07, 6.45) is 6.20. The predicted octanol–water partition coefficient (Wildman–Crippen LogP) is 4.26. The SMILES string of the molecule is C1=CC2=COc3ccccc3C[N+]2(Nc2ccccc2)C1.Cl. The van der Waals surface area contributed by atoms with Crippen LogP contribution in [-0.2, 0) is 6.54 Å². The second kappa shape index (κ2) is 5.87. The zero-order valence-corrected chi connectivity index (χ0v) is 12.9. The number of allylic oxidation sites excluding steroid dienone is 1. The van der Waals surface area contributed by atoms with Crippen LogP contribution >= 0.6 is 12.4 Å². The summed E-state index contributed by atoms with van der Waals surface area (Å²) in [5.74, 6) is 0.945. The summed E-state index contributed by atoms with van der Waals surface area (Å²) in [7, 11) is 0. The third-order valence-corrected chi connectivity index (χ3v) is 4.04. The highest BCUT2D eigenvalue weighted by molar-refractivity contribution is 5.85. The van der Waals surface area contributed by atoms with Crippen LogP contribution in [0.4, 0.5) is 5.69 Å². The van der Waals surface area contributed by atoms with Gasteiger partial charge in [0.05, 0.1) is 11.3 Å². The van der Waals surface area contributed by atoms with Crippen LogP contribution in [0.3, 0.4) is 0 Å². The van der Waals surface area contributed by atoms with Crippen LogP contribution in [0.2, 0.25) is 0 Å². The van der Waals surface area contributed by atoms with Crippen molar-refractivity contribution in [3.63, 3.8) is 0 Å². The molecule has 0 fully saturated rings. The van der Waals surface area contributed by atoms with Crippen LogP contribution < -0.4 is 10.2 Å². The van der Waals surface area contributed by atoms with Gasteiger partial charge in [0.15, 0.2) is 12.0 Å². The molecule has 0 bridgehead atoms. The molecular formula is C18H18ClN2O+. The zero-order chi connectivity index (χ0) is 14.1. The molecule has 1 N–H and O–H groups in total. The average Bonchev–Trinajstić information content (AvgIpc) is 2.83. The molecule has 2 heterocycles. The highest BCUT2D eigenvalue weighted by Crippen LogP contribution is 2.35. The van der Waals surface area contributed by atoms with Crippen molar-refractivity contribution in [1.82, 2.24) is 0 Å². The molecule has 0 spiro atoms. The Balaban J connectivity index is 0.00000144. The van der Waals surface area contributed by atoms with E-state index >= 15 is 0 Å². The van der Waals surface area contributed by atoms with Crippen LogP contribution in [0, 0.1) is 0 Å². The summed E-state index contributed by atoms with van der Waals surface area (Å²) in [5, 5.41) is 0. The maximum atomic E-state index is 5.86. The topological polar surface area (TPSA) is 21.3 Å². The summed E-state index contributed by atoms with van der Waals surface area (Å²) in [5.41, 5.74) is 7.15. The molecule has 2 aromatic carbocycles. The van der Waals surface area contributed by atoms with Crippen molar-refractivity contribution in [2.24, 2.45) is 0 Å². The van der Waals surface area contributed by atoms with E-state index in [1.54, 1.807) is 0 Å². The number of rotatable bonds is 2. The molecule has 0 amide bonds. The van der Waals surface area contributed by atoms with E-state index in [1.807, 2.05) is 24.5 Å². The van der Waals surface area contributed by atoms with Gasteiger partial charge in [-0.25, -0.2) is 5.43 Å². The maximum absolute atomic E-state index is 5.86. The van der Waals surface area contributed by atoms with Crippen LogP contribution in [0.25, 0.3) is 0 Å². The van der Waals surface area contributed by atoms with Crippen molar-refractivity contribution in [3.8, 4) is 5.75 Å². The molecule has 0 saturated heterocycles. The molecule has 1 unspecified atom stereocenters. The Labute approximate surface area is 136 Å². The van der Waals surface area contributed by atoms with Crippen LogP contribution in [0.5, 0.6) is 5.75 Å². The standard InChI is InChI=1S/C18H17N2O.ClH/c1-2-8-16(9-3-1)19-20-12-6-10-17(20)14-21-18-11-5-4-7-15(18)13-20;/h1-11,14,19H,12-13H2;1H/q+1;. The number of nitrogens with one attached hydrogen (secondary N) is 1. The minimum absolute atomic E-state index is 0. The molecule has 2 aromatic rings. The second-order valence-corrected chi connectivity index (χ2v) is 5.46. The lowest BCUT2D eigenvalue weighted by atomic mass is 10.2. The number of benzene rings is 2. The van der Waals surface area contributed by atoms with Crippen LogP contribution in [0.1, 0.15) is 5.56 Å². The number of hydrogen-bond donors (Lipinski definition) is 1. The van der Waals surface area contributed by atoms with Crippen molar-refractivity contribution >= 4 is 18.1 Å². The molecule has 0 aromatic heterocycles. The quantitative estimate of drug-likeness (QED) is 0.837. The molecule has 2 aliphatic heterocycles. The Hall–Kier alpha value is -2.23. The molecule has 2 aliphatic rings. The number of fused-ring (bicyclic) bond motifs is 2. The third-order valence-electron chi connectivity index (χ3n) is 4.04. The zero-order valence-electron chi connectivity index (χ0n) is 12.1. The number of ether oxygens (including phenoxy) is 1. The van der Waals surface area contributed by atoms with Gasteiger partial charge in [0.25, 0.3) is 0 Å². The Morgan fingerprint density at radius 1 is 0.955 bits per heavy atom. The molecule has 1 atom stereocenters. The van der Waals surface area contributed by atoms with Gasteiger partial charge in [-0.2, -0.15) is 4.59 Å². The fraction of sp³-hybridized carbons (Fsp3) is 0.111. The fourth-order valence-corrected chi connectivity index (χ4v) is 2.97. The first-order valence-electron chi connectivity index (χ1n) is 7.18. The van der Waals surface area contributed by atoms with Crippen molar-refractivity contribution in [3.05, 3.63) is 84.3 Å². The van der Waals surface area contributed by atoms with Gasteiger partial charge in [-0.05, 0) is 30.3 Å². The van der Waals surface area contributed by atoms with Gasteiger partial charge in [-0.15, -0.1) is 12.4 Å². The van der Waals surface area contributed by atoms with Crippen molar-refractivity contribution in [2.75, 3.05) is 12.0 Å². The lowest BCUT2D eigenvalue weighted by molar-refractivity contribution is -0.871. The summed E-state index contributed by atoms with van der Waals surface area (Å²) >= 11 is 0. The van der Waals surface area contributed by atoms with E-state index in [0.717, 1.165) is 30.2 Å². The molecule has 0 aliphatic carbocycles. The van der Waals surface area contributed by atoms with Crippen molar-refractivity contribution in [1.29, 1.82) is 0 Å². The van der Waals surface area contributed by atoms with Gasteiger partial charge in [0.1, 0.15) is 18.8 Å². The van der Waals surface area contributed by atoms with E-state index in [9.17, 15) is 0 Å². The first-order valence-corrected chi connectivity index (χ1v) is 7.18. The van der Waals surface area contributed by atoms with E-state index < -0.39 is 0 Å². The number of para-hydroxylation sites is 2. The van der Waals surface area contributed by atoms with Gasteiger partial charge < -0.3 is 4.74 Å². The second-order valence-electron chi connectivity index (χ2n) is 5.46. The Morgan fingerprint density at radius 3 is 2.59 bits per heavy atom. The minimum atomic E-state index is 0. The number of hydrogen-bond acceptors (Lipinski definition) is 2. The lowest BCUT2D eigenvalue weighted by Gasteiger charge is -2.33. The monoisotopic (exact) mass is 313 g/mol. The van der Waals surface area contributed by atoms with Gasteiger partial charge in [-0.3, -0.25) is 0 Å². The first kappa shape index (κ1) is 14.7.